The first-order valence-corrected chi connectivity index (χ1v) is 23.8. The van der Waals surface area contributed by atoms with Gasteiger partial charge in [0.25, 0.3) is 0 Å². The summed E-state index contributed by atoms with van der Waals surface area (Å²) in [4.78, 5) is 49.1. The lowest BCUT2D eigenvalue weighted by atomic mass is 10.0. The highest BCUT2D eigenvalue weighted by Gasteiger charge is 2.35. The van der Waals surface area contributed by atoms with Crippen molar-refractivity contribution in [3.63, 3.8) is 0 Å². The Bertz CT molecular complexity index is 3060. The van der Waals surface area contributed by atoms with E-state index in [0.717, 1.165) is 47.3 Å². The number of aromatic hydroxyl groups is 1. The number of nitrogens with zero attached hydrogens (tertiary/aromatic N) is 4. The number of benzene rings is 5. The van der Waals surface area contributed by atoms with E-state index in [1.165, 1.54) is 11.6 Å². The minimum absolute atomic E-state index is 0.00908. The number of hydrogen-bond acceptors (Lipinski definition) is 12. The number of para-hydroxylation sites is 1. The zero-order valence-electron chi connectivity index (χ0n) is 40.0. The van der Waals surface area contributed by atoms with E-state index >= 15 is 0 Å². The normalized spacial score (nSPS) is 10.8. The first kappa shape index (κ1) is 56.8. The van der Waals surface area contributed by atoms with Crippen LogP contribution in [0.15, 0.2) is 84.9 Å². The molecule has 2 heterocycles. The Morgan fingerprint density at radius 1 is 0.658 bits per heavy atom. The highest BCUT2D eigenvalue weighted by atomic mass is 35.5. The SMILES string of the molecule is Cc1cc(Cl)c2c(C=O)cccc2c1O.Cc1ccc(OCCCCNC(=O)NNc2nc(Cl)nc(Cl)c2Cl)c(C)c1.Cc1ccc(OCCCNC(=O)NNc2nc(C(F)(F)F)nc3ccccc23)c(C)c1. The maximum absolute atomic E-state index is 13.0. The summed E-state index contributed by atoms with van der Waals surface area (Å²) in [6.45, 7) is 11.6. The van der Waals surface area contributed by atoms with Gasteiger partial charge in [-0.05, 0) is 113 Å². The molecule has 0 atom stereocenters. The Morgan fingerprint density at radius 3 is 1.84 bits per heavy atom. The molecular weight excluding hydrogens is 1040 g/mol. The minimum atomic E-state index is -4.71. The number of unbranched alkanes of at least 4 members (excludes halogenated alkanes) is 1. The van der Waals surface area contributed by atoms with E-state index in [9.17, 15) is 32.7 Å². The first-order chi connectivity index (χ1) is 34.7. The lowest BCUT2D eigenvalue weighted by Crippen LogP contribution is -2.40. The lowest BCUT2D eigenvalue weighted by Gasteiger charge is -2.13. The molecule has 0 aliphatic carbocycles. The molecule has 0 fully saturated rings. The highest BCUT2D eigenvalue weighted by Crippen LogP contribution is 2.36. The number of hydrogen-bond donors (Lipinski definition) is 7. The fraction of sp³-hybridized carbons (Fsp3) is 0.260. The van der Waals surface area contributed by atoms with Crippen molar-refractivity contribution in [2.45, 2.75) is 60.1 Å². The van der Waals surface area contributed by atoms with Crippen LogP contribution in [0.4, 0.5) is 34.4 Å². The summed E-state index contributed by atoms with van der Waals surface area (Å²) in [6, 6.07) is 23.9. The molecule has 5 aromatic carbocycles. The van der Waals surface area contributed by atoms with Crippen molar-refractivity contribution in [2.24, 2.45) is 0 Å². The summed E-state index contributed by atoms with van der Waals surface area (Å²) in [6.07, 6.45) is -1.84. The Morgan fingerprint density at radius 2 is 1.23 bits per heavy atom. The van der Waals surface area contributed by atoms with Crippen molar-refractivity contribution in [2.75, 3.05) is 37.2 Å². The van der Waals surface area contributed by atoms with Crippen molar-refractivity contribution < 1.29 is 42.1 Å². The molecule has 7 N–H and O–H groups in total. The van der Waals surface area contributed by atoms with E-state index in [1.54, 1.807) is 49.4 Å². The zero-order chi connectivity index (χ0) is 53.2. The molecule has 386 valence electrons. The zero-order valence-corrected chi connectivity index (χ0v) is 43.1. The van der Waals surface area contributed by atoms with Crippen LogP contribution in [0.2, 0.25) is 20.5 Å². The number of halogens is 7. The van der Waals surface area contributed by atoms with Gasteiger partial charge in [-0.25, -0.2) is 24.5 Å². The predicted octanol–water partition coefficient (Wildman–Crippen LogP) is 12.2. The maximum Gasteiger partial charge on any atom is 0.451 e. The van der Waals surface area contributed by atoms with Crippen molar-refractivity contribution in [1.82, 2.24) is 41.4 Å². The van der Waals surface area contributed by atoms with Crippen LogP contribution in [0, 0.1) is 34.6 Å². The summed E-state index contributed by atoms with van der Waals surface area (Å²) in [5.41, 5.74) is 15.5. The van der Waals surface area contributed by atoms with E-state index in [2.05, 4.69) is 58.3 Å². The van der Waals surface area contributed by atoms with E-state index in [0.29, 0.717) is 65.0 Å². The molecule has 0 saturated heterocycles. The van der Waals surface area contributed by atoms with E-state index < -0.39 is 24.1 Å². The lowest BCUT2D eigenvalue weighted by molar-refractivity contribution is -0.144. The number of nitrogens with one attached hydrogen (secondary N) is 6. The Balaban J connectivity index is 0.000000214. The smallest absolute Gasteiger partial charge is 0.451 e. The standard InChI is InChI=1S/C21H22F3N5O2.C17H20Cl3N5O2.C12H9ClO2/c1-13-8-9-17(14(2)12-13)31-11-5-10-25-20(30)29-28-18-15-6-3-4-7-16(15)26-19(27-18)21(22,23)24;1-10-5-6-12(11(2)9-10)27-8-4-3-7-21-17(26)25-24-15-13(18)14(19)22-16(20)23-15;1-7-5-10(13)11-8(6-14)3-2-4-9(11)12(7)15/h3-4,6-9,12H,5,10-11H2,1-2H3,(H2,25,29,30)(H,26,27,28);5-6,9H,3-4,7-8H2,1-2H3,(H2,21,25,26)(H,22,23,24);2-6,15H,1H3. The van der Waals surface area contributed by atoms with Crippen molar-refractivity contribution in [3.05, 3.63) is 145 Å². The van der Waals surface area contributed by atoms with E-state index in [-0.39, 0.29) is 38.4 Å². The van der Waals surface area contributed by atoms with Gasteiger partial charge in [-0.3, -0.25) is 26.5 Å². The summed E-state index contributed by atoms with van der Waals surface area (Å²) in [5.74, 6) is 0.518. The number of aromatic nitrogens is 4. The van der Waals surface area contributed by atoms with Crippen LogP contribution in [-0.4, -0.2) is 69.7 Å². The average Bonchev–Trinajstić information content (AvgIpc) is 3.35. The number of ether oxygens (including phenoxy) is 2. The van der Waals surface area contributed by atoms with Crippen LogP contribution in [0.5, 0.6) is 17.2 Å². The summed E-state index contributed by atoms with van der Waals surface area (Å²) in [5, 5.41) is 17.1. The number of urea groups is 2. The number of hydrazine groups is 2. The topological polar surface area (TPSA) is 214 Å². The van der Waals surface area contributed by atoms with E-state index in [4.69, 9.17) is 55.9 Å². The van der Waals surface area contributed by atoms with Crippen molar-refractivity contribution in [3.8, 4) is 17.2 Å². The molecule has 16 nitrogen and oxygen atoms in total. The number of aryl methyl sites for hydroxylation is 5. The second kappa shape index (κ2) is 27.1. The number of anilines is 2. The number of carbonyl (C=O) groups is 3. The third-order valence-corrected chi connectivity index (χ3v) is 11.5. The number of fused-ring (bicyclic) bond motifs is 2. The van der Waals surface area contributed by atoms with Gasteiger partial charge in [0, 0.05) is 39.8 Å². The van der Waals surface area contributed by atoms with Gasteiger partial charge < -0.3 is 25.2 Å². The molecule has 0 unspecified atom stereocenters. The monoisotopic (exact) mass is 1080 g/mol. The molecule has 0 radical (unpaired) electrons. The van der Waals surface area contributed by atoms with Crippen LogP contribution < -0.4 is 41.8 Å². The first-order valence-electron chi connectivity index (χ1n) is 22.3. The Hall–Kier alpha value is -7.06. The molecule has 2 aromatic heterocycles. The van der Waals surface area contributed by atoms with E-state index in [1.807, 2.05) is 58.0 Å². The molecule has 0 aliphatic rings. The third-order valence-electron chi connectivity index (χ3n) is 10.3. The molecule has 0 saturated carbocycles. The van der Waals surface area contributed by atoms with Crippen LogP contribution in [0.1, 0.15) is 63.3 Å². The average molecular weight is 1090 g/mol. The molecule has 23 heteroatoms. The van der Waals surface area contributed by atoms with Gasteiger partial charge in [0.05, 0.1) is 18.7 Å². The van der Waals surface area contributed by atoms with Gasteiger partial charge >= 0.3 is 18.2 Å². The Kier molecular flexibility index (Phi) is 21.1. The molecule has 0 aliphatic heterocycles. The number of phenolic OH excluding ortho intramolecular Hbond substituents is 1. The van der Waals surface area contributed by atoms with Crippen LogP contribution in [-0.2, 0) is 6.18 Å². The predicted molar refractivity (Wildman–Crippen MR) is 279 cm³/mol. The van der Waals surface area contributed by atoms with Crippen LogP contribution >= 0.6 is 46.4 Å². The second-order valence-corrected chi connectivity index (χ2v) is 17.6. The minimum Gasteiger partial charge on any atom is -0.507 e. The molecule has 0 spiro atoms. The number of aldehydes is 1. The number of amides is 4. The molecular formula is C50H51Cl4F3N10O6. The molecule has 0 bridgehead atoms. The van der Waals surface area contributed by atoms with Gasteiger partial charge in [-0.15, -0.1) is 0 Å². The fourth-order valence-electron chi connectivity index (χ4n) is 6.76. The van der Waals surface area contributed by atoms with Crippen LogP contribution in [0.25, 0.3) is 21.7 Å². The summed E-state index contributed by atoms with van der Waals surface area (Å²) >= 11 is 23.4. The number of rotatable bonds is 16. The van der Waals surface area contributed by atoms with Crippen molar-refractivity contribution >= 4 is 98.1 Å². The quantitative estimate of drug-likeness (QED) is 0.0158. The number of phenols is 1. The van der Waals surface area contributed by atoms with Gasteiger partial charge in [0.1, 0.15) is 22.3 Å². The summed E-state index contributed by atoms with van der Waals surface area (Å²) < 4.78 is 50.5. The molecule has 4 amide bonds. The maximum atomic E-state index is 13.0. The third kappa shape index (κ3) is 17.0. The molecule has 7 aromatic rings. The van der Waals surface area contributed by atoms with Gasteiger partial charge in [-0.2, -0.15) is 18.2 Å². The fourth-order valence-corrected chi connectivity index (χ4v) is 7.65. The van der Waals surface area contributed by atoms with Gasteiger partial charge in [0.15, 0.2) is 23.1 Å². The highest BCUT2D eigenvalue weighted by molar-refractivity contribution is 6.43. The summed E-state index contributed by atoms with van der Waals surface area (Å²) in [7, 11) is 0. The second-order valence-electron chi connectivity index (χ2n) is 16.1. The largest absolute Gasteiger partial charge is 0.507 e. The Labute approximate surface area is 438 Å². The van der Waals surface area contributed by atoms with Gasteiger partial charge in [0.2, 0.25) is 11.1 Å². The number of alkyl halides is 3. The number of carbonyl (C=O) groups excluding carboxylic acids is 3. The van der Waals surface area contributed by atoms with Gasteiger partial charge in [-0.1, -0.05) is 101 Å². The van der Waals surface area contributed by atoms with Crippen molar-refractivity contribution in [1.29, 1.82) is 0 Å². The molecule has 7 rings (SSSR count). The molecule has 73 heavy (non-hydrogen) atoms. The van der Waals surface area contributed by atoms with Crippen LogP contribution in [0.3, 0.4) is 0 Å².